The van der Waals surface area contributed by atoms with Crippen LogP contribution >= 0.6 is 0 Å². The molecule has 1 atom stereocenters. The first kappa shape index (κ1) is 12.8. The van der Waals surface area contributed by atoms with Gasteiger partial charge in [0.2, 0.25) is 5.91 Å². The molecule has 1 aliphatic rings. The maximum Gasteiger partial charge on any atom is 0.233 e. The highest BCUT2D eigenvalue weighted by Crippen LogP contribution is 2.30. The third kappa shape index (κ3) is 3.12. The lowest BCUT2D eigenvalue weighted by Gasteiger charge is -2.25. The van der Waals surface area contributed by atoms with E-state index in [1.807, 2.05) is 18.7 Å². The fraction of sp³-hybridized carbons (Fsp3) is 0.818. The molecular formula is C11H21N3O2. The van der Waals surface area contributed by atoms with Gasteiger partial charge in [0, 0.05) is 13.1 Å². The molecule has 0 aromatic rings. The average Bonchev–Trinajstić information content (AvgIpc) is 3.10. The highest BCUT2D eigenvalue weighted by atomic mass is 16.4. The number of oxime groups is 1. The Morgan fingerprint density at radius 3 is 2.56 bits per heavy atom. The number of carbonyl (C=O) groups excluding carboxylic acids is 1. The monoisotopic (exact) mass is 227 g/mol. The second kappa shape index (κ2) is 5.72. The summed E-state index contributed by atoms with van der Waals surface area (Å²) in [5.41, 5.74) is 5.52. The lowest BCUT2D eigenvalue weighted by atomic mass is 10.0. The molecule has 0 saturated heterocycles. The van der Waals surface area contributed by atoms with Crippen molar-refractivity contribution in [2.24, 2.45) is 22.7 Å². The molecular weight excluding hydrogens is 206 g/mol. The second-order valence-electron chi connectivity index (χ2n) is 4.31. The van der Waals surface area contributed by atoms with E-state index in [0.29, 0.717) is 18.9 Å². The van der Waals surface area contributed by atoms with Gasteiger partial charge in [0.05, 0.1) is 5.92 Å². The van der Waals surface area contributed by atoms with Crippen LogP contribution in [0.5, 0.6) is 0 Å². The molecule has 0 aromatic carbocycles. The predicted octanol–water partition coefficient (Wildman–Crippen LogP) is 1.02. The van der Waals surface area contributed by atoms with Gasteiger partial charge in [-0.15, -0.1) is 0 Å². The number of nitrogens with two attached hydrogens (primary N) is 1. The van der Waals surface area contributed by atoms with E-state index in [-0.39, 0.29) is 11.7 Å². The van der Waals surface area contributed by atoms with Crippen molar-refractivity contribution in [3.05, 3.63) is 0 Å². The smallest absolute Gasteiger partial charge is 0.233 e. The third-order valence-corrected chi connectivity index (χ3v) is 3.05. The number of rotatable bonds is 6. The Bertz CT molecular complexity index is 274. The van der Waals surface area contributed by atoms with E-state index in [2.05, 4.69) is 5.16 Å². The van der Waals surface area contributed by atoms with Gasteiger partial charge in [-0.2, -0.15) is 0 Å². The summed E-state index contributed by atoms with van der Waals surface area (Å²) in [6, 6.07) is 0. The van der Waals surface area contributed by atoms with Crippen molar-refractivity contribution < 1.29 is 10.0 Å². The van der Waals surface area contributed by atoms with Gasteiger partial charge >= 0.3 is 0 Å². The van der Waals surface area contributed by atoms with Crippen LogP contribution in [0.2, 0.25) is 0 Å². The fourth-order valence-electron chi connectivity index (χ4n) is 1.79. The van der Waals surface area contributed by atoms with Crippen LogP contribution < -0.4 is 5.73 Å². The van der Waals surface area contributed by atoms with E-state index >= 15 is 0 Å². The molecule has 16 heavy (non-hydrogen) atoms. The minimum Gasteiger partial charge on any atom is -0.409 e. The Labute approximate surface area is 96.3 Å². The second-order valence-corrected chi connectivity index (χ2v) is 4.31. The number of nitrogens with zero attached hydrogens (tertiary/aromatic N) is 2. The van der Waals surface area contributed by atoms with Crippen molar-refractivity contribution >= 4 is 11.7 Å². The van der Waals surface area contributed by atoms with Crippen molar-refractivity contribution in [2.75, 3.05) is 13.1 Å². The third-order valence-electron chi connectivity index (χ3n) is 3.05. The fourth-order valence-corrected chi connectivity index (χ4v) is 1.79. The van der Waals surface area contributed by atoms with E-state index in [9.17, 15) is 4.79 Å². The lowest BCUT2D eigenvalue weighted by molar-refractivity contribution is -0.133. The molecule has 1 unspecified atom stereocenters. The van der Waals surface area contributed by atoms with Crippen molar-refractivity contribution in [1.82, 2.24) is 4.90 Å². The number of hydrogen-bond acceptors (Lipinski definition) is 3. The van der Waals surface area contributed by atoms with E-state index in [0.717, 1.165) is 6.54 Å². The number of amidine groups is 1. The summed E-state index contributed by atoms with van der Waals surface area (Å²) >= 11 is 0. The maximum absolute atomic E-state index is 12.1. The van der Waals surface area contributed by atoms with E-state index in [1.54, 1.807) is 0 Å². The number of carbonyl (C=O) groups is 1. The first-order chi connectivity index (χ1) is 7.63. The zero-order valence-electron chi connectivity index (χ0n) is 10.0. The zero-order chi connectivity index (χ0) is 12.1. The molecule has 1 rings (SSSR count). The summed E-state index contributed by atoms with van der Waals surface area (Å²) in [5.74, 6) is 0.173. The first-order valence-electron chi connectivity index (χ1n) is 5.90. The van der Waals surface area contributed by atoms with Crippen LogP contribution in [0.4, 0.5) is 0 Å². The topological polar surface area (TPSA) is 78.9 Å². The molecule has 92 valence electrons. The molecule has 3 N–H and O–H groups in total. The summed E-state index contributed by atoms with van der Waals surface area (Å²) in [6.45, 7) is 5.32. The van der Waals surface area contributed by atoms with Crippen LogP contribution in [0.1, 0.15) is 33.1 Å². The molecule has 1 fully saturated rings. The summed E-state index contributed by atoms with van der Waals surface area (Å²) in [6.07, 6.45) is 2.99. The van der Waals surface area contributed by atoms with Crippen molar-refractivity contribution in [1.29, 1.82) is 0 Å². The quantitative estimate of drug-likeness (QED) is 0.308. The van der Waals surface area contributed by atoms with Gasteiger partial charge in [-0.1, -0.05) is 12.1 Å². The summed E-state index contributed by atoms with van der Waals surface area (Å²) < 4.78 is 0. The van der Waals surface area contributed by atoms with Crippen LogP contribution in [0, 0.1) is 11.8 Å². The van der Waals surface area contributed by atoms with Crippen LogP contribution in [0.25, 0.3) is 0 Å². The van der Waals surface area contributed by atoms with Crippen LogP contribution in [-0.2, 0) is 4.79 Å². The number of hydrogen-bond donors (Lipinski definition) is 2. The van der Waals surface area contributed by atoms with Crippen LogP contribution in [0.3, 0.4) is 0 Å². The SMILES string of the molecule is CCC(C(=O)N(CC)CC1CC1)C(N)=NO. The van der Waals surface area contributed by atoms with Gasteiger partial charge in [0.1, 0.15) is 0 Å². The first-order valence-corrected chi connectivity index (χ1v) is 5.90. The summed E-state index contributed by atoms with van der Waals surface area (Å²) in [4.78, 5) is 13.9. The molecule has 0 bridgehead atoms. The normalized spacial score (nSPS) is 18.2. The highest BCUT2D eigenvalue weighted by Gasteiger charge is 2.30. The van der Waals surface area contributed by atoms with Crippen molar-refractivity contribution in [2.45, 2.75) is 33.1 Å². The van der Waals surface area contributed by atoms with Gasteiger partial charge < -0.3 is 15.8 Å². The van der Waals surface area contributed by atoms with Crippen molar-refractivity contribution in [3.8, 4) is 0 Å². The van der Waals surface area contributed by atoms with Crippen LogP contribution in [0.15, 0.2) is 5.16 Å². The Morgan fingerprint density at radius 1 is 1.56 bits per heavy atom. The van der Waals surface area contributed by atoms with Crippen LogP contribution in [-0.4, -0.2) is 34.9 Å². The minimum atomic E-state index is -0.483. The molecule has 0 heterocycles. The Morgan fingerprint density at radius 2 is 2.19 bits per heavy atom. The van der Waals surface area contributed by atoms with Gasteiger partial charge in [0.15, 0.2) is 5.84 Å². The minimum absolute atomic E-state index is 0.0155. The number of amides is 1. The van der Waals surface area contributed by atoms with Gasteiger partial charge in [-0.05, 0) is 32.1 Å². The van der Waals surface area contributed by atoms with Gasteiger partial charge in [-0.25, -0.2) is 0 Å². The van der Waals surface area contributed by atoms with Crippen molar-refractivity contribution in [3.63, 3.8) is 0 Å². The molecule has 0 aliphatic heterocycles. The summed E-state index contributed by atoms with van der Waals surface area (Å²) in [7, 11) is 0. The van der Waals surface area contributed by atoms with E-state index in [4.69, 9.17) is 10.9 Å². The Kier molecular flexibility index (Phi) is 4.58. The highest BCUT2D eigenvalue weighted by molar-refractivity contribution is 6.02. The van der Waals surface area contributed by atoms with E-state index in [1.165, 1.54) is 12.8 Å². The van der Waals surface area contributed by atoms with E-state index < -0.39 is 5.92 Å². The molecule has 0 aromatic heterocycles. The molecule has 0 radical (unpaired) electrons. The lowest BCUT2D eigenvalue weighted by Crippen LogP contribution is -2.42. The molecule has 1 aliphatic carbocycles. The average molecular weight is 227 g/mol. The molecule has 1 saturated carbocycles. The molecule has 5 heteroatoms. The standard InChI is InChI=1S/C11H21N3O2/c1-3-9(10(12)13-16)11(15)14(4-2)7-8-5-6-8/h8-9,16H,3-7H2,1-2H3,(H2,12,13). The largest absolute Gasteiger partial charge is 0.409 e. The molecule has 5 nitrogen and oxygen atoms in total. The van der Waals surface area contributed by atoms with Gasteiger partial charge in [0.25, 0.3) is 0 Å². The molecule has 1 amide bonds. The Hall–Kier alpha value is -1.26. The molecule has 0 spiro atoms. The zero-order valence-corrected chi connectivity index (χ0v) is 10.0. The van der Waals surface area contributed by atoms with Gasteiger partial charge in [-0.3, -0.25) is 4.79 Å². The predicted molar refractivity (Wildman–Crippen MR) is 62.2 cm³/mol. The Balaban J connectivity index is 2.62. The maximum atomic E-state index is 12.1. The summed E-state index contributed by atoms with van der Waals surface area (Å²) in [5, 5.41) is 11.6.